The number of allylic oxidation sites excluding steroid dienone is 1. The number of nitrogens with one attached hydrogen (secondary N) is 1. The van der Waals surface area contributed by atoms with Crippen molar-refractivity contribution in [3.05, 3.63) is 35.9 Å². The fourth-order valence-electron chi connectivity index (χ4n) is 1.31. The summed E-state index contributed by atoms with van der Waals surface area (Å²) in [6.07, 6.45) is 4.98. The Morgan fingerprint density at radius 2 is 2.11 bits per heavy atom. The molecule has 1 aromatic carbocycles. The van der Waals surface area contributed by atoms with E-state index in [0.29, 0.717) is 0 Å². The van der Waals surface area contributed by atoms with Crippen LogP contribution < -0.4 is 11.1 Å². The van der Waals surface area contributed by atoms with Crippen LogP contribution in [0.15, 0.2) is 30.3 Å². The summed E-state index contributed by atoms with van der Waals surface area (Å²) < 4.78 is 0. The van der Waals surface area contributed by atoms with Crippen LogP contribution >= 0.6 is 24.0 Å². The van der Waals surface area contributed by atoms with Crippen LogP contribution in [-0.4, -0.2) is 16.0 Å². The summed E-state index contributed by atoms with van der Waals surface area (Å²) in [5.41, 5.74) is 7.37. The van der Waals surface area contributed by atoms with E-state index in [2.05, 4.69) is 11.4 Å². The van der Waals surface area contributed by atoms with Crippen LogP contribution in [0, 0.1) is 0 Å². The maximum atomic E-state index is 10.7. The van der Waals surface area contributed by atoms with E-state index in [1.54, 1.807) is 6.92 Å². The van der Waals surface area contributed by atoms with Crippen molar-refractivity contribution in [2.24, 2.45) is 5.73 Å². The molecule has 0 aliphatic heterocycles. The van der Waals surface area contributed by atoms with Gasteiger partial charge < -0.3 is 11.1 Å². The fraction of sp³-hybridized carbons (Fsp3) is 0.231. The molecule has 0 aliphatic rings. The van der Waals surface area contributed by atoms with Crippen molar-refractivity contribution < 1.29 is 4.79 Å². The van der Waals surface area contributed by atoms with Gasteiger partial charge in [0.2, 0.25) is 0 Å². The first-order valence-electron chi connectivity index (χ1n) is 5.54. The molecular formula is C13H16N2OS2. The molecule has 0 heterocycles. The number of nitrogens with two attached hydrogens (primary N) is 1. The molecule has 0 bridgehead atoms. The van der Waals surface area contributed by atoms with Gasteiger partial charge in [-0.25, -0.2) is 0 Å². The number of carbonyl (C=O) groups is 1. The second kappa shape index (κ2) is 7.89. The predicted molar refractivity (Wildman–Crippen MR) is 83.6 cm³/mol. The standard InChI is InChI=1S/C13H16N2OS2/c1-10(16)18-9-3-2-4-11-5-7-12(8-6-11)15-13(14)17/h2,4-8H,3,9H2,1H3,(H3,14,15,17). The number of anilines is 1. The predicted octanol–water partition coefficient (Wildman–Crippen LogP) is 3.03. The highest BCUT2D eigenvalue weighted by atomic mass is 32.2. The first-order chi connectivity index (χ1) is 8.58. The Kier molecular flexibility index (Phi) is 6.46. The van der Waals surface area contributed by atoms with Crippen LogP contribution in [0.2, 0.25) is 0 Å². The van der Waals surface area contributed by atoms with E-state index in [9.17, 15) is 4.79 Å². The van der Waals surface area contributed by atoms with E-state index in [-0.39, 0.29) is 10.2 Å². The van der Waals surface area contributed by atoms with E-state index >= 15 is 0 Å². The van der Waals surface area contributed by atoms with Crippen LogP contribution in [-0.2, 0) is 4.79 Å². The van der Waals surface area contributed by atoms with E-state index in [1.165, 1.54) is 11.8 Å². The smallest absolute Gasteiger partial charge is 0.185 e. The van der Waals surface area contributed by atoms with Gasteiger partial charge >= 0.3 is 0 Å². The van der Waals surface area contributed by atoms with Gasteiger partial charge in [0, 0.05) is 18.4 Å². The second-order valence-electron chi connectivity index (χ2n) is 3.64. The van der Waals surface area contributed by atoms with Crippen LogP contribution in [0.1, 0.15) is 18.9 Å². The van der Waals surface area contributed by atoms with Gasteiger partial charge in [0.25, 0.3) is 0 Å². The minimum atomic E-state index is 0.164. The van der Waals surface area contributed by atoms with Gasteiger partial charge in [-0.1, -0.05) is 36.0 Å². The summed E-state index contributed by atoms with van der Waals surface area (Å²) in [6, 6.07) is 7.80. The molecule has 0 spiro atoms. The molecule has 0 atom stereocenters. The number of rotatable bonds is 5. The zero-order chi connectivity index (χ0) is 13.4. The molecule has 0 radical (unpaired) electrons. The summed E-state index contributed by atoms with van der Waals surface area (Å²) in [4.78, 5) is 10.7. The lowest BCUT2D eigenvalue weighted by atomic mass is 10.2. The van der Waals surface area contributed by atoms with Crippen molar-refractivity contribution in [3.8, 4) is 0 Å². The first-order valence-corrected chi connectivity index (χ1v) is 6.94. The monoisotopic (exact) mass is 280 g/mol. The lowest BCUT2D eigenvalue weighted by molar-refractivity contribution is -0.109. The molecule has 1 aromatic rings. The Morgan fingerprint density at radius 3 is 2.67 bits per heavy atom. The number of hydrogen-bond acceptors (Lipinski definition) is 3. The van der Waals surface area contributed by atoms with Crippen LogP contribution in [0.4, 0.5) is 5.69 Å². The normalized spacial score (nSPS) is 10.5. The second-order valence-corrected chi connectivity index (χ2v) is 5.35. The minimum Gasteiger partial charge on any atom is -0.376 e. The average Bonchev–Trinajstić information content (AvgIpc) is 2.30. The Bertz CT molecular complexity index is 441. The Balaban J connectivity index is 2.40. The molecule has 0 fully saturated rings. The lowest BCUT2D eigenvalue weighted by Crippen LogP contribution is -2.18. The first kappa shape index (κ1) is 14.7. The van der Waals surface area contributed by atoms with Crippen LogP contribution in [0.25, 0.3) is 6.08 Å². The largest absolute Gasteiger partial charge is 0.376 e. The highest BCUT2D eigenvalue weighted by Gasteiger charge is 1.93. The molecule has 0 aromatic heterocycles. The molecule has 3 N–H and O–H groups in total. The van der Waals surface area contributed by atoms with Gasteiger partial charge in [0.05, 0.1) is 0 Å². The van der Waals surface area contributed by atoms with E-state index in [1.807, 2.05) is 30.3 Å². The molecule has 18 heavy (non-hydrogen) atoms. The number of carbonyl (C=O) groups excluding carboxylic acids is 1. The molecule has 0 saturated heterocycles. The highest BCUT2D eigenvalue weighted by molar-refractivity contribution is 8.13. The lowest BCUT2D eigenvalue weighted by Gasteiger charge is -2.03. The Morgan fingerprint density at radius 1 is 1.44 bits per heavy atom. The summed E-state index contributed by atoms with van der Waals surface area (Å²) in [5, 5.41) is 3.29. The Hall–Kier alpha value is -1.33. The number of thioether (sulfide) groups is 1. The van der Waals surface area contributed by atoms with Gasteiger partial charge in [0.1, 0.15) is 0 Å². The molecule has 0 unspecified atom stereocenters. The van der Waals surface area contributed by atoms with Crippen molar-refractivity contribution in [2.45, 2.75) is 13.3 Å². The van der Waals surface area contributed by atoms with E-state index in [0.717, 1.165) is 23.4 Å². The maximum absolute atomic E-state index is 10.7. The minimum absolute atomic E-state index is 0.164. The van der Waals surface area contributed by atoms with Crippen molar-refractivity contribution in [1.29, 1.82) is 0 Å². The van der Waals surface area contributed by atoms with Gasteiger partial charge in [-0.2, -0.15) is 0 Å². The van der Waals surface area contributed by atoms with Crippen molar-refractivity contribution >= 4 is 46.0 Å². The summed E-state index contributed by atoms with van der Waals surface area (Å²) in [5.74, 6) is 0.826. The molecule has 0 saturated carbocycles. The molecule has 1 rings (SSSR count). The fourth-order valence-corrected chi connectivity index (χ4v) is 1.97. The van der Waals surface area contributed by atoms with Gasteiger partial charge in [-0.15, -0.1) is 0 Å². The molecule has 5 heteroatoms. The maximum Gasteiger partial charge on any atom is 0.185 e. The highest BCUT2D eigenvalue weighted by Crippen LogP contribution is 2.11. The van der Waals surface area contributed by atoms with E-state index in [4.69, 9.17) is 18.0 Å². The average molecular weight is 280 g/mol. The molecule has 96 valence electrons. The third kappa shape index (κ3) is 6.42. The third-order valence-corrected chi connectivity index (χ3v) is 3.03. The topological polar surface area (TPSA) is 55.1 Å². The molecule has 0 aliphatic carbocycles. The number of benzene rings is 1. The molecule has 3 nitrogen and oxygen atoms in total. The quantitative estimate of drug-likeness (QED) is 0.641. The van der Waals surface area contributed by atoms with Crippen molar-refractivity contribution in [3.63, 3.8) is 0 Å². The number of hydrogen-bond donors (Lipinski definition) is 2. The Labute approximate surface area is 117 Å². The van der Waals surface area contributed by atoms with Crippen molar-refractivity contribution in [2.75, 3.05) is 11.1 Å². The van der Waals surface area contributed by atoms with Gasteiger partial charge in [-0.05, 0) is 36.3 Å². The van der Waals surface area contributed by atoms with Crippen molar-refractivity contribution in [1.82, 2.24) is 0 Å². The van der Waals surface area contributed by atoms with E-state index < -0.39 is 0 Å². The zero-order valence-corrected chi connectivity index (χ0v) is 11.8. The van der Waals surface area contributed by atoms with Gasteiger partial charge in [0.15, 0.2) is 10.2 Å². The number of thiocarbonyl (C=S) groups is 1. The zero-order valence-electron chi connectivity index (χ0n) is 10.2. The molecule has 0 amide bonds. The SMILES string of the molecule is CC(=O)SCCC=Cc1ccc(NC(N)=S)cc1. The van der Waals surface area contributed by atoms with Gasteiger partial charge in [-0.3, -0.25) is 4.79 Å². The summed E-state index contributed by atoms with van der Waals surface area (Å²) >= 11 is 6.10. The molecular weight excluding hydrogens is 264 g/mol. The van der Waals surface area contributed by atoms with Crippen LogP contribution in [0.3, 0.4) is 0 Å². The van der Waals surface area contributed by atoms with Crippen LogP contribution in [0.5, 0.6) is 0 Å². The third-order valence-electron chi connectivity index (χ3n) is 2.08. The summed E-state index contributed by atoms with van der Waals surface area (Å²) in [6.45, 7) is 1.59. The summed E-state index contributed by atoms with van der Waals surface area (Å²) in [7, 11) is 0.